The lowest BCUT2D eigenvalue weighted by Gasteiger charge is -2.41. The highest BCUT2D eigenvalue weighted by atomic mass is 35.5. The van der Waals surface area contributed by atoms with Gasteiger partial charge in [-0.05, 0) is 23.6 Å². The number of benzene rings is 2. The molecular formula is C26H23ClN4O2S2. The summed E-state index contributed by atoms with van der Waals surface area (Å²) in [5.41, 5.74) is 2.25. The van der Waals surface area contributed by atoms with Crippen molar-refractivity contribution in [1.82, 2.24) is 20.1 Å². The first-order valence-corrected chi connectivity index (χ1v) is 13.7. The summed E-state index contributed by atoms with van der Waals surface area (Å²) in [5, 5.41) is 7.44. The van der Waals surface area contributed by atoms with Crippen molar-refractivity contribution in [3.63, 3.8) is 0 Å². The van der Waals surface area contributed by atoms with Crippen LogP contribution in [-0.4, -0.2) is 64.9 Å². The fraction of sp³-hybridized carbons (Fsp3) is 0.269. The third-order valence-electron chi connectivity index (χ3n) is 6.66. The van der Waals surface area contributed by atoms with Crippen LogP contribution in [0.15, 0.2) is 60.1 Å². The first kappa shape index (κ1) is 22.7. The third-order valence-corrected chi connectivity index (χ3v) is 9.07. The van der Waals surface area contributed by atoms with Gasteiger partial charge in [0.1, 0.15) is 4.88 Å². The summed E-state index contributed by atoms with van der Waals surface area (Å²) < 4.78 is 1.02. The van der Waals surface area contributed by atoms with Crippen LogP contribution < -0.4 is 5.32 Å². The number of hydrogen-bond donors (Lipinski definition) is 1. The number of fused-ring (bicyclic) bond motifs is 1. The molecule has 0 radical (unpaired) electrons. The maximum absolute atomic E-state index is 13.2. The van der Waals surface area contributed by atoms with Gasteiger partial charge in [-0.1, -0.05) is 54.1 Å². The topological polar surface area (TPSA) is 65.5 Å². The van der Waals surface area contributed by atoms with Gasteiger partial charge in [0, 0.05) is 59.9 Å². The fourth-order valence-electron chi connectivity index (χ4n) is 4.78. The van der Waals surface area contributed by atoms with Crippen LogP contribution >= 0.6 is 34.3 Å². The van der Waals surface area contributed by atoms with Gasteiger partial charge in [-0.25, -0.2) is 4.98 Å². The van der Waals surface area contributed by atoms with E-state index in [9.17, 15) is 9.59 Å². The number of carbonyl (C=O) groups is 2. The number of nitrogens with one attached hydrogen (secondary N) is 1. The van der Waals surface area contributed by atoms with Crippen LogP contribution in [0.5, 0.6) is 0 Å². The molecule has 0 aliphatic carbocycles. The summed E-state index contributed by atoms with van der Waals surface area (Å²) in [7, 11) is 0. The van der Waals surface area contributed by atoms with Crippen molar-refractivity contribution in [2.45, 2.75) is 18.5 Å². The summed E-state index contributed by atoms with van der Waals surface area (Å²) in [6.07, 6.45) is 2.57. The van der Waals surface area contributed by atoms with Crippen LogP contribution in [-0.2, 0) is 0 Å². The summed E-state index contributed by atoms with van der Waals surface area (Å²) in [6, 6.07) is 16.8. The molecule has 9 heteroatoms. The van der Waals surface area contributed by atoms with Gasteiger partial charge in [0.15, 0.2) is 5.01 Å². The van der Waals surface area contributed by atoms with Gasteiger partial charge in [0.25, 0.3) is 11.8 Å². The van der Waals surface area contributed by atoms with Gasteiger partial charge >= 0.3 is 0 Å². The standard InChI is InChI=1S/C26H23ClN4O2S2/c27-22-20-7-6-17(16-4-2-1-3-5-16)12-21(20)35-23(22)25(32)31-14-19(15-31)29-18-8-10-30(13-18)26(33)24-28-9-11-34-24/h1-7,9,11-12,18-19,29H,8,10,13-15H2. The molecule has 1 atom stereocenters. The van der Waals surface area contributed by atoms with E-state index in [0.717, 1.165) is 34.2 Å². The molecule has 0 saturated carbocycles. The Morgan fingerprint density at radius 3 is 2.54 bits per heavy atom. The molecule has 1 unspecified atom stereocenters. The summed E-state index contributed by atoms with van der Waals surface area (Å²) in [6.45, 7) is 2.70. The number of thiophene rings is 1. The van der Waals surface area contributed by atoms with Crippen LogP contribution in [0.2, 0.25) is 5.02 Å². The van der Waals surface area contributed by atoms with Crippen LogP contribution in [0.3, 0.4) is 0 Å². The van der Waals surface area contributed by atoms with E-state index in [1.165, 1.54) is 22.7 Å². The minimum absolute atomic E-state index is 0.00420. The van der Waals surface area contributed by atoms with Crippen molar-refractivity contribution in [3.8, 4) is 11.1 Å². The second-order valence-electron chi connectivity index (χ2n) is 8.97. The third kappa shape index (κ3) is 4.36. The Morgan fingerprint density at radius 2 is 1.77 bits per heavy atom. The maximum atomic E-state index is 13.2. The number of carbonyl (C=O) groups excluding carboxylic acids is 2. The second kappa shape index (κ2) is 9.35. The molecule has 35 heavy (non-hydrogen) atoms. The van der Waals surface area contributed by atoms with Gasteiger partial charge in [0.05, 0.1) is 5.02 Å². The van der Waals surface area contributed by atoms with E-state index in [-0.39, 0.29) is 23.9 Å². The highest BCUT2D eigenvalue weighted by Crippen LogP contribution is 2.38. The summed E-state index contributed by atoms with van der Waals surface area (Å²) in [4.78, 5) is 34.1. The minimum Gasteiger partial charge on any atom is -0.335 e. The van der Waals surface area contributed by atoms with E-state index in [4.69, 9.17) is 11.6 Å². The number of halogens is 1. The SMILES string of the molecule is O=C(c1nccs1)N1CCC(NC2CN(C(=O)c3sc4cc(-c5ccccc5)ccc4c3Cl)C2)C1. The largest absolute Gasteiger partial charge is 0.335 e. The van der Waals surface area contributed by atoms with Crippen molar-refractivity contribution in [2.24, 2.45) is 0 Å². The monoisotopic (exact) mass is 522 g/mol. The Balaban J connectivity index is 1.07. The number of likely N-dealkylation sites (tertiary alicyclic amines) is 2. The van der Waals surface area contributed by atoms with Crippen LogP contribution in [0, 0.1) is 0 Å². The molecular weight excluding hydrogens is 500 g/mol. The van der Waals surface area contributed by atoms with Gasteiger partial charge < -0.3 is 15.1 Å². The maximum Gasteiger partial charge on any atom is 0.282 e. The number of nitrogens with zero attached hydrogens (tertiary/aromatic N) is 3. The molecule has 178 valence electrons. The molecule has 2 amide bonds. The van der Waals surface area contributed by atoms with Crippen molar-refractivity contribution in [2.75, 3.05) is 26.2 Å². The van der Waals surface area contributed by atoms with Gasteiger partial charge in [0.2, 0.25) is 0 Å². The molecule has 0 bridgehead atoms. The molecule has 6 rings (SSSR count). The lowest BCUT2D eigenvalue weighted by molar-refractivity contribution is 0.0558. The fourth-order valence-corrected chi connectivity index (χ4v) is 6.91. The zero-order valence-corrected chi connectivity index (χ0v) is 21.2. The van der Waals surface area contributed by atoms with E-state index in [1.807, 2.05) is 39.4 Å². The Labute approximate surface area is 216 Å². The zero-order chi connectivity index (χ0) is 23.9. The zero-order valence-electron chi connectivity index (χ0n) is 18.8. The number of rotatable bonds is 5. The Kier molecular flexibility index (Phi) is 6.06. The molecule has 4 aromatic rings. The quantitative estimate of drug-likeness (QED) is 0.400. The molecule has 0 spiro atoms. The van der Waals surface area contributed by atoms with Gasteiger partial charge in [-0.3, -0.25) is 9.59 Å². The molecule has 2 saturated heterocycles. The molecule has 2 fully saturated rings. The van der Waals surface area contributed by atoms with Crippen molar-refractivity contribution < 1.29 is 9.59 Å². The number of hydrogen-bond acceptors (Lipinski definition) is 6. The van der Waals surface area contributed by atoms with E-state index < -0.39 is 0 Å². The Bertz CT molecular complexity index is 1380. The van der Waals surface area contributed by atoms with E-state index in [2.05, 4.69) is 34.6 Å². The molecule has 4 heterocycles. The summed E-state index contributed by atoms with van der Waals surface area (Å²) in [5.74, 6) is -0.00736. The van der Waals surface area contributed by atoms with E-state index in [0.29, 0.717) is 34.5 Å². The lowest BCUT2D eigenvalue weighted by Crippen LogP contribution is -2.62. The average Bonchev–Trinajstić information content (AvgIpc) is 3.62. The highest BCUT2D eigenvalue weighted by Gasteiger charge is 2.36. The van der Waals surface area contributed by atoms with Gasteiger partial charge in [-0.15, -0.1) is 22.7 Å². The average molecular weight is 523 g/mol. The normalized spacial score (nSPS) is 18.3. The molecule has 2 aliphatic rings. The Hall–Kier alpha value is -2.78. The predicted molar refractivity (Wildman–Crippen MR) is 142 cm³/mol. The molecule has 6 nitrogen and oxygen atoms in total. The number of amides is 2. The van der Waals surface area contributed by atoms with Crippen LogP contribution in [0.1, 0.15) is 25.9 Å². The highest BCUT2D eigenvalue weighted by molar-refractivity contribution is 7.21. The van der Waals surface area contributed by atoms with Crippen LogP contribution in [0.4, 0.5) is 0 Å². The van der Waals surface area contributed by atoms with E-state index in [1.54, 1.807) is 6.20 Å². The van der Waals surface area contributed by atoms with E-state index >= 15 is 0 Å². The van der Waals surface area contributed by atoms with Crippen molar-refractivity contribution in [3.05, 3.63) is 75.0 Å². The molecule has 2 aliphatic heterocycles. The molecule has 2 aromatic carbocycles. The van der Waals surface area contributed by atoms with Crippen molar-refractivity contribution >= 4 is 56.2 Å². The first-order valence-electron chi connectivity index (χ1n) is 11.6. The van der Waals surface area contributed by atoms with Crippen LogP contribution in [0.25, 0.3) is 21.2 Å². The summed E-state index contributed by atoms with van der Waals surface area (Å²) >= 11 is 9.48. The molecule has 1 N–H and O–H groups in total. The van der Waals surface area contributed by atoms with Crippen molar-refractivity contribution in [1.29, 1.82) is 0 Å². The minimum atomic E-state index is -0.0116. The first-order chi connectivity index (χ1) is 17.1. The second-order valence-corrected chi connectivity index (χ2v) is 11.3. The lowest BCUT2D eigenvalue weighted by atomic mass is 10.0. The Morgan fingerprint density at radius 1 is 0.971 bits per heavy atom. The van der Waals surface area contributed by atoms with Gasteiger partial charge in [-0.2, -0.15) is 0 Å². The number of thiazole rings is 1. The molecule has 2 aromatic heterocycles. The predicted octanol–water partition coefficient (Wildman–Crippen LogP) is 5.01. The smallest absolute Gasteiger partial charge is 0.282 e. The number of aromatic nitrogens is 1.